The molecule has 2 heterocycles. The van der Waals surface area contributed by atoms with Gasteiger partial charge in [-0.25, -0.2) is 4.98 Å². The molecular formula is C11H19N3S. The lowest BCUT2D eigenvalue weighted by molar-refractivity contribution is 0.262. The van der Waals surface area contributed by atoms with Crippen molar-refractivity contribution in [1.29, 1.82) is 0 Å². The van der Waals surface area contributed by atoms with Crippen LogP contribution in [-0.2, 0) is 6.54 Å². The van der Waals surface area contributed by atoms with Crippen molar-refractivity contribution >= 4 is 16.5 Å². The Morgan fingerprint density at radius 2 is 2.53 bits per heavy atom. The summed E-state index contributed by atoms with van der Waals surface area (Å²) in [4.78, 5) is 8.27. The van der Waals surface area contributed by atoms with Crippen molar-refractivity contribution in [1.82, 2.24) is 9.88 Å². The molecule has 0 saturated carbocycles. The van der Waals surface area contributed by atoms with Crippen LogP contribution in [-0.4, -0.2) is 29.0 Å². The van der Waals surface area contributed by atoms with Crippen LogP contribution in [0.3, 0.4) is 0 Å². The Labute approximate surface area is 95.5 Å². The first-order valence-corrected chi connectivity index (χ1v) is 6.54. The van der Waals surface area contributed by atoms with E-state index in [1.807, 2.05) is 6.20 Å². The van der Waals surface area contributed by atoms with Crippen LogP contribution in [0.25, 0.3) is 0 Å². The number of hydrogen-bond donors (Lipinski definition) is 1. The number of nitrogens with zero attached hydrogens (tertiary/aromatic N) is 2. The molecule has 15 heavy (non-hydrogen) atoms. The van der Waals surface area contributed by atoms with Crippen molar-refractivity contribution in [3.63, 3.8) is 0 Å². The van der Waals surface area contributed by atoms with Gasteiger partial charge in [0.25, 0.3) is 0 Å². The van der Waals surface area contributed by atoms with Gasteiger partial charge in [-0.3, -0.25) is 4.90 Å². The monoisotopic (exact) mass is 225 g/mol. The van der Waals surface area contributed by atoms with Gasteiger partial charge in [-0.05, 0) is 33.2 Å². The van der Waals surface area contributed by atoms with E-state index < -0.39 is 0 Å². The lowest BCUT2D eigenvalue weighted by Gasteiger charge is -2.19. The van der Waals surface area contributed by atoms with Crippen molar-refractivity contribution in [3.05, 3.63) is 11.1 Å². The summed E-state index contributed by atoms with van der Waals surface area (Å²) >= 11 is 1.78. The number of anilines is 1. The minimum atomic E-state index is 0.745. The van der Waals surface area contributed by atoms with Crippen molar-refractivity contribution in [3.8, 4) is 0 Å². The van der Waals surface area contributed by atoms with E-state index in [4.69, 9.17) is 0 Å². The van der Waals surface area contributed by atoms with Crippen LogP contribution in [0.2, 0.25) is 0 Å². The van der Waals surface area contributed by atoms with Crippen LogP contribution < -0.4 is 5.32 Å². The van der Waals surface area contributed by atoms with Gasteiger partial charge in [0.2, 0.25) is 0 Å². The highest BCUT2D eigenvalue weighted by atomic mass is 32.1. The molecule has 1 unspecified atom stereocenters. The normalized spacial score (nSPS) is 22.1. The maximum Gasteiger partial charge on any atom is 0.182 e. The molecule has 3 nitrogen and oxygen atoms in total. The molecule has 0 amide bonds. The number of rotatable bonds is 4. The maximum atomic E-state index is 4.35. The topological polar surface area (TPSA) is 28.2 Å². The summed E-state index contributed by atoms with van der Waals surface area (Å²) in [7, 11) is 0. The molecule has 1 aromatic heterocycles. The second-order valence-electron chi connectivity index (χ2n) is 4.12. The zero-order valence-electron chi connectivity index (χ0n) is 9.49. The molecule has 4 heteroatoms. The molecule has 1 atom stereocenters. The Kier molecular flexibility index (Phi) is 3.59. The van der Waals surface area contributed by atoms with E-state index in [0.29, 0.717) is 0 Å². The highest BCUT2D eigenvalue weighted by Crippen LogP contribution is 2.24. The third kappa shape index (κ3) is 2.69. The molecule has 0 aromatic carbocycles. The second-order valence-corrected chi connectivity index (χ2v) is 5.24. The molecule has 84 valence electrons. The molecule has 1 N–H and O–H groups in total. The van der Waals surface area contributed by atoms with Crippen LogP contribution in [0.5, 0.6) is 0 Å². The van der Waals surface area contributed by atoms with Gasteiger partial charge < -0.3 is 5.32 Å². The van der Waals surface area contributed by atoms with Crippen molar-refractivity contribution in [2.75, 3.05) is 18.4 Å². The van der Waals surface area contributed by atoms with Crippen LogP contribution in [0.1, 0.15) is 31.6 Å². The summed E-state index contributed by atoms with van der Waals surface area (Å²) in [5.74, 6) is 0. The molecular weight excluding hydrogens is 206 g/mol. The molecule has 1 aliphatic rings. The first-order valence-electron chi connectivity index (χ1n) is 5.72. The minimum absolute atomic E-state index is 0.745. The summed E-state index contributed by atoms with van der Waals surface area (Å²) in [6.07, 6.45) is 4.70. The third-order valence-corrected chi connectivity index (χ3v) is 3.87. The average molecular weight is 225 g/mol. The lowest BCUT2D eigenvalue weighted by Crippen LogP contribution is -2.25. The lowest BCUT2D eigenvalue weighted by atomic mass is 10.2. The molecule has 1 aliphatic heterocycles. The Morgan fingerprint density at radius 1 is 1.67 bits per heavy atom. The van der Waals surface area contributed by atoms with E-state index in [0.717, 1.165) is 24.3 Å². The van der Waals surface area contributed by atoms with Crippen molar-refractivity contribution < 1.29 is 0 Å². The highest BCUT2D eigenvalue weighted by molar-refractivity contribution is 7.15. The summed E-state index contributed by atoms with van der Waals surface area (Å²) in [5, 5.41) is 4.31. The Balaban J connectivity index is 1.92. The fourth-order valence-corrected chi connectivity index (χ4v) is 2.95. The number of likely N-dealkylation sites (tertiary alicyclic amines) is 1. The first-order chi connectivity index (χ1) is 7.29. The van der Waals surface area contributed by atoms with Gasteiger partial charge in [0.15, 0.2) is 5.13 Å². The first kappa shape index (κ1) is 10.9. The summed E-state index contributed by atoms with van der Waals surface area (Å²) < 4.78 is 0. The largest absolute Gasteiger partial charge is 0.362 e. The van der Waals surface area contributed by atoms with Gasteiger partial charge in [0.1, 0.15) is 0 Å². The molecule has 1 aromatic rings. The van der Waals surface area contributed by atoms with Crippen molar-refractivity contribution in [2.45, 2.75) is 39.3 Å². The molecule has 0 spiro atoms. The summed E-state index contributed by atoms with van der Waals surface area (Å²) in [5.41, 5.74) is 0. The summed E-state index contributed by atoms with van der Waals surface area (Å²) in [6.45, 7) is 7.69. The maximum absolute atomic E-state index is 4.35. The van der Waals surface area contributed by atoms with Gasteiger partial charge in [0, 0.05) is 30.2 Å². The highest BCUT2D eigenvalue weighted by Gasteiger charge is 2.20. The zero-order valence-corrected chi connectivity index (χ0v) is 10.3. The van der Waals surface area contributed by atoms with Gasteiger partial charge in [-0.1, -0.05) is 0 Å². The quantitative estimate of drug-likeness (QED) is 0.853. The molecule has 2 rings (SSSR count). The van der Waals surface area contributed by atoms with E-state index in [1.54, 1.807) is 11.3 Å². The Morgan fingerprint density at radius 3 is 3.20 bits per heavy atom. The summed E-state index contributed by atoms with van der Waals surface area (Å²) in [6, 6.07) is 0.745. The minimum Gasteiger partial charge on any atom is -0.362 e. The predicted molar refractivity (Wildman–Crippen MR) is 65.4 cm³/mol. The third-order valence-electron chi connectivity index (χ3n) is 2.93. The standard InChI is InChI=1S/C11H19N3S/c1-3-12-11-13-7-10(15-11)8-14-6-4-5-9(14)2/h7,9H,3-6,8H2,1-2H3,(H,12,13). The van der Waals surface area contributed by atoms with E-state index >= 15 is 0 Å². The molecule has 0 radical (unpaired) electrons. The van der Waals surface area contributed by atoms with Crippen LogP contribution in [0.15, 0.2) is 6.20 Å². The fourth-order valence-electron chi connectivity index (χ4n) is 2.04. The molecule has 0 aliphatic carbocycles. The van der Waals surface area contributed by atoms with Crippen molar-refractivity contribution in [2.24, 2.45) is 0 Å². The molecule has 1 fully saturated rings. The number of aromatic nitrogens is 1. The number of hydrogen-bond acceptors (Lipinski definition) is 4. The number of thiazole rings is 1. The van der Waals surface area contributed by atoms with Gasteiger partial charge >= 0.3 is 0 Å². The van der Waals surface area contributed by atoms with E-state index in [1.165, 1.54) is 24.3 Å². The zero-order chi connectivity index (χ0) is 10.7. The molecule has 0 bridgehead atoms. The second kappa shape index (κ2) is 4.94. The Hall–Kier alpha value is -0.610. The predicted octanol–water partition coefficient (Wildman–Crippen LogP) is 2.56. The number of nitrogens with one attached hydrogen (secondary N) is 1. The molecule has 1 saturated heterocycles. The average Bonchev–Trinajstić information content (AvgIpc) is 2.79. The van der Waals surface area contributed by atoms with E-state index in [2.05, 4.69) is 29.0 Å². The van der Waals surface area contributed by atoms with Crippen LogP contribution in [0.4, 0.5) is 5.13 Å². The van der Waals surface area contributed by atoms with E-state index in [-0.39, 0.29) is 0 Å². The van der Waals surface area contributed by atoms with Gasteiger partial charge in [-0.15, -0.1) is 11.3 Å². The van der Waals surface area contributed by atoms with Crippen LogP contribution >= 0.6 is 11.3 Å². The van der Waals surface area contributed by atoms with E-state index in [9.17, 15) is 0 Å². The van der Waals surface area contributed by atoms with Gasteiger partial charge in [0.05, 0.1) is 0 Å². The van der Waals surface area contributed by atoms with Gasteiger partial charge in [-0.2, -0.15) is 0 Å². The fraction of sp³-hybridized carbons (Fsp3) is 0.727. The smallest absolute Gasteiger partial charge is 0.182 e. The SMILES string of the molecule is CCNc1ncc(CN2CCCC2C)s1. The van der Waals surface area contributed by atoms with Crippen LogP contribution in [0, 0.1) is 0 Å². The Bertz CT molecular complexity index is 311.